The summed E-state index contributed by atoms with van der Waals surface area (Å²) in [4.78, 5) is 0.966. The Bertz CT molecular complexity index is 421. The first kappa shape index (κ1) is 14.7. The van der Waals surface area contributed by atoms with Crippen molar-refractivity contribution in [2.75, 3.05) is 25.0 Å². The lowest BCUT2D eigenvalue weighted by Gasteiger charge is -2.24. The number of nitrogens with two attached hydrogens (primary N) is 1. The second kappa shape index (κ2) is 5.51. The monoisotopic (exact) mass is 268 g/mol. The van der Waals surface area contributed by atoms with E-state index >= 15 is 0 Å². The molecule has 102 valence electrons. The van der Waals surface area contributed by atoms with Crippen molar-refractivity contribution in [3.05, 3.63) is 29.1 Å². The summed E-state index contributed by atoms with van der Waals surface area (Å²) in [6.07, 6.45) is 0. The first-order valence-electron chi connectivity index (χ1n) is 5.23. The van der Waals surface area contributed by atoms with Gasteiger partial charge >= 0.3 is 0 Å². The van der Waals surface area contributed by atoms with Crippen molar-refractivity contribution in [2.24, 2.45) is 11.7 Å². The minimum absolute atomic E-state index is 0.0782. The predicted molar refractivity (Wildman–Crippen MR) is 57.7 cm³/mol. The molecule has 0 aliphatic heterocycles. The Morgan fingerprint density at radius 1 is 0.944 bits per heavy atom. The van der Waals surface area contributed by atoms with Gasteiger partial charge in [-0.05, 0) is 12.5 Å². The Morgan fingerprint density at radius 3 is 1.72 bits per heavy atom. The maximum atomic E-state index is 13.4. The zero-order chi connectivity index (χ0) is 14.0. The van der Waals surface area contributed by atoms with Crippen LogP contribution in [0.5, 0.6) is 0 Å². The number of halogens is 5. The summed E-state index contributed by atoms with van der Waals surface area (Å²) < 4.78 is 65.6. The van der Waals surface area contributed by atoms with Gasteiger partial charge < -0.3 is 10.6 Å². The number of benzene rings is 1. The van der Waals surface area contributed by atoms with Crippen LogP contribution in [0.25, 0.3) is 0 Å². The SMILES string of the molecule is CC(CN)CN(C)c1c(F)c(F)c(F)c(F)c1F. The molecule has 0 aliphatic rings. The van der Waals surface area contributed by atoms with Gasteiger partial charge in [-0.3, -0.25) is 0 Å². The molecule has 0 aliphatic carbocycles. The molecule has 1 atom stereocenters. The van der Waals surface area contributed by atoms with Gasteiger partial charge in [-0.2, -0.15) is 0 Å². The highest BCUT2D eigenvalue weighted by molar-refractivity contribution is 5.49. The molecular weight excluding hydrogens is 255 g/mol. The second-order valence-corrected chi connectivity index (χ2v) is 4.14. The maximum Gasteiger partial charge on any atom is 0.200 e. The number of anilines is 1. The van der Waals surface area contributed by atoms with Crippen LogP contribution < -0.4 is 10.6 Å². The maximum absolute atomic E-state index is 13.4. The van der Waals surface area contributed by atoms with Crippen molar-refractivity contribution in [3.8, 4) is 0 Å². The molecule has 0 spiro atoms. The highest BCUT2D eigenvalue weighted by Gasteiger charge is 2.28. The van der Waals surface area contributed by atoms with Crippen LogP contribution >= 0.6 is 0 Å². The summed E-state index contributed by atoms with van der Waals surface area (Å²) >= 11 is 0. The van der Waals surface area contributed by atoms with E-state index in [-0.39, 0.29) is 19.0 Å². The van der Waals surface area contributed by atoms with Gasteiger partial charge in [0.1, 0.15) is 5.69 Å². The lowest BCUT2D eigenvalue weighted by Crippen LogP contribution is -2.30. The van der Waals surface area contributed by atoms with E-state index in [4.69, 9.17) is 5.73 Å². The van der Waals surface area contributed by atoms with E-state index < -0.39 is 34.8 Å². The zero-order valence-corrected chi connectivity index (χ0v) is 9.91. The molecule has 0 fully saturated rings. The zero-order valence-electron chi connectivity index (χ0n) is 9.91. The largest absolute Gasteiger partial charge is 0.369 e. The van der Waals surface area contributed by atoms with Crippen molar-refractivity contribution < 1.29 is 22.0 Å². The van der Waals surface area contributed by atoms with Crippen molar-refractivity contribution in [3.63, 3.8) is 0 Å². The molecule has 2 nitrogen and oxygen atoms in total. The molecule has 18 heavy (non-hydrogen) atoms. The van der Waals surface area contributed by atoms with E-state index in [2.05, 4.69) is 0 Å². The fourth-order valence-corrected chi connectivity index (χ4v) is 1.56. The lowest BCUT2D eigenvalue weighted by molar-refractivity contribution is 0.378. The van der Waals surface area contributed by atoms with Crippen LogP contribution in [-0.4, -0.2) is 20.1 Å². The highest BCUT2D eigenvalue weighted by atomic mass is 19.2. The molecule has 0 amide bonds. The van der Waals surface area contributed by atoms with Crippen molar-refractivity contribution >= 4 is 5.69 Å². The fourth-order valence-electron chi connectivity index (χ4n) is 1.56. The van der Waals surface area contributed by atoms with Crippen LogP contribution in [0.15, 0.2) is 0 Å². The molecule has 1 aromatic carbocycles. The van der Waals surface area contributed by atoms with Crippen LogP contribution in [0.3, 0.4) is 0 Å². The molecule has 2 N–H and O–H groups in total. The minimum Gasteiger partial charge on any atom is -0.369 e. The molecule has 0 heterocycles. The first-order valence-corrected chi connectivity index (χ1v) is 5.23. The van der Waals surface area contributed by atoms with E-state index in [1.807, 2.05) is 0 Å². The lowest BCUT2D eigenvalue weighted by atomic mass is 10.1. The Kier molecular flexibility index (Phi) is 4.50. The minimum atomic E-state index is -2.16. The van der Waals surface area contributed by atoms with Crippen molar-refractivity contribution in [1.82, 2.24) is 0 Å². The molecule has 1 unspecified atom stereocenters. The van der Waals surface area contributed by atoms with Gasteiger partial charge in [0.15, 0.2) is 23.3 Å². The van der Waals surface area contributed by atoms with E-state index in [9.17, 15) is 22.0 Å². The number of rotatable bonds is 4. The molecule has 0 saturated heterocycles. The number of hydrogen-bond acceptors (Lipinski definition) is 2. The summed E-state index contributed by atoms with van der Waals surface area (Å²) in [5.74, 6) is -9.87. The van der Waals surface area contributed by atoms with Crippen molar-refractivity contribution in [2.45, 2.75) is 6.92 Å². The summed E-state index contributed by atoms with van der Waals surface area (Å²) in [6.45, 7) is 2.01. The van der Waals surface area contributed by atoms with Crippen LogP contribution in [0.2, 0.25) is 0 Å². The highest BCUT2D eigenvalue weighted by Crippen LogP contribution is 2.29. The van der Waals surface area contributed by atoms with Crippen LogP contribution in [0.1, 0.15) is 6.92 Å². The van der Waals surface area contributed by atoms with E-state index in [0.717, 1.165) is 4.90 Å². The number of hydrogen-bond donors (Lipinski definition) is 1. The third-order valence-electron chi connectivity index (χ3n) is 2.56. The second-order valence-electron chi connectivity index (χ2n) is 4.14. The molecular formula is C11H13F5N2. The van der Waals surface area contributed by atoms with Gasteiger partial charge in [-0.1, -0.05) is 6.92 Å². The van der Waals surface area contributed by atoms with Gasteiger partial charge in [0, 0.05) is 13.6 Å². The predicted octanol–water partition coefficient (Wildman–Crippen LogP) is 2.41. The fraction of sp³-hybridized carbons (Fsp3) is 0.455. The summed E-state index contributed by atoms with van der Waals surface area (Å²) in [7, 11) is 1.24. The van der Waals surface area contributed by atoms with Gasteiger partial charge in [-0.25, -0.2) is 22.0 Å². The van der Waals surface area contributed by atoms with E-state index in [1.54, 1.807) is 6.92 Å². The van der Waals surface area contributed by atoms with E-state index in [1.165, 1.54) is 7.05 Å². The van der Waals surface area contributed by atoms with Crippen LogP contribution in [-0.2, 0) is 0 Å². The van der Waals surface area contributed by atoms with Crippen molar-refractivity contribution in [1.29, 1.82) is 0 Å². The number of nitrogens with zero attached hydrogens (tertiary/aromatic N) is 1. The summed E-state index contributed by atoms with van der Waals surface area (Å²) in [6, 6.07) is 0. The summed E-state index contributed by atoms with van der Waals surface area (Å²) in [5.41, 5.74) is 4.40. The average molecular weight is 268 g/mol. The third-order valence-corrected chi connectivity index (χ3v) is 2.56. The molecule has 1 aromatic rings. The normalized spacial score (nSPS) is 12.7. The molecule has 1 rings (SSSR count). The van der Waals surface area contributed by atoms with E-state index in [0.29, 0.717) is 0 Å². The van der Waals surface area contributed by atoms with Gasteiger partial charge in [0.2, 0.25) is 5.82 Å². The smallest absolute Gasteiger partial charge is 0.200 e. The molecule has 0 aromatic heterocycles. The van der Waals surface area contributed by atoms with Crippen LogP contribution in [0.4, 0.5) is 27.6 Å². The Balaban J connectivity index is 3.24. The Labute approximate surface area is 101 Å². The molecule has 0 radical (unpaired) electrons. The third kappa shape index (κ3) is 2.55. The Morgan fingerprint density at radius 2 is 1.33 bits per heavy atom. The molecule has 0 saturated carbocycles. The standard InChI is InChI=1S/C11H13F5N2/c1-5(3-17)4-18(2)11-9(15)7(13)6(12)8(14)10(11)16/h5H,3-4,17H2,1-2H3. The molecule has 7 heteroatoms. The average Bonchev–Trinajstić information content (AvgIpc) is 2.34. The van der Waals surface area contributed by atoms with Gasteiger partial charge in [0.25, 0.3) is 0 Å². The molecule has 0 bridgehead atoms. The van der Waals surface area contributed by atoms with Crippen LogP contribution in [0, 0.1) is 35.0 Å². The van der Waals surface area contributed by atoms with Gasteiger partial charge in [-0.15, -0.1) is 0 Å². The Hall–Kier alpha value is -1.37. The first-order chi connectivity index (χ1) is 8.31. The summed E-state index contributed by atoms with van der Waals surface area (Å²) in [5, 5.41) is 0. The topological polar surface area (TPSA) is 29.3 Å². The quantitative estimate of drug-likeness (QED) is 0.516. The van der Waals surface area contributed by atoms with Gasteiger partial charge in [0.05, 0.1) is 0 Å².